The van der Waals surface area contributed by atoms with E-state index in [1.54, 1.807) is 18.5 Å². The Labute approximate surface area is 131 Å². The molecule has 1 aromatic rings. The summed E-state index contributed by atoms with van der Waals surface area (Å²) in [5.41, 5.74) is 1.16. The third-order valence-electron chi connectivity index (χ3n) is 3.60. The van der Waals surface area contributed by atoms with E-state index in [1.165, 1.54) is 4.31 Å². The van der Waals surface area contributed by atoms with Gasteiger partial charge in [-0.1, -0.05) is 0 Å². The zero-order chi connectivity index (χ0) is 15.8. The van der Waals surface area contributed by atoms with Gasteiger partial charge >= 0.3 is 0 Å². The van der Waals surface area contributed by atoms with Crippen molar-refractivity contribution in [2.45, 2.75) is 51.3 Å². The van der Waals surface area contributed by atoms with E-state index in [1.807, 2.05) is 13.8 Å². The van der Waals surface area contributed by atoms with Crippen molar-refractivity contribution >= 4 is 21.6 Å². The van der Waals surface area contributed by atoms with E-state index in [-0.39, 0.29) is 12.2 Å². The van der Waals surface area contributed by atoms with E-state index in [0.717, 1.165) is 0 Å². The topological polar surface area (TPSA) is 64.4 Å². The summed E-state index contributed by atoms with van der Waals surface area (Å²) in [6.07, 6.45) is -0.218. The van der Waals surface area contributed by atoms with Gasteiger partial charge in [0.25, 0.3) is 0 Å². The summed E-state index contributed by atoms with van der Waals surface area (Å²) in [6.45, 7) is 8.49. The van der Waals surface area contributed by atoms with Crippen molar-refractivity contribution in [2.75, 3.05) is 19.0 Å². The van der Waals surface area contributed by atoms with Gasteiger partial charge in [-0.3, -0.25) is 4.68 Å². The Hall–Kier alpha value is -0.630. The van der Waals surface area contributed by atoms with Crippen LogP contribution >= 0.6 is 11.6 Å². The largest absolute Gasteiger partial charge is 0.373 e. The van der Waals surface area contributed by atoms with Gasteiger partial charge in [0.05, 0.1) is 30.1 Å². The third-order valence-corrected chi connectivity index (χ3v) is 5.85. The molecule has 0 radical (unpaired) electrons. The number of aryl methyl sites for hydroxylation is 2. The fourth-order valence-corrected chi connectivity index (χ4v) is 4.93. The first-order valence-corrected chi connectivity index (χ1v) is 9.00. The van der Waals surface area contributed by atoms with Crippen LogP contribution in [-0.2, 0) is 21.3 Å². The fraction of sp³-hybridized carbons (Fsp3) is 0.769. The first-order valence-electron chi connectivity index (χ1n) is 7.03. The normalized spacial score (nSPS) is 24.4. The summed E-state index contributed by atoms with van der Waals surface area (Å²) in [5.74, 6) is 0.396. The molecule has 2 unspecified atom stereocenters. The van der Waals surface area contributed by atoms with Crippen LogP contribution in [0.3, 0.4) is 0 Å². The molecular formula is C13H22ClN3O3S. The van der Waals surface area contributed by atoms with Crippen LogP contribution < -0.4 is 0 Å². The van der Waals surface area contributed by atoms with E-state index in [0.29, 0.717) is 41.8 Å². The Kier molecular flexibility index (Phi) is 4.97. The van der Waals surface area contributed by atoms with Gasteiger partial charge in [0, 0.05) is 19.0 Å². The smallest absolute Gasteiger partial charge is 0.246 e. The van der Waals surface area contributed by atoms with E-state index in [2.05, 4.69) is 5.10 Å². The lowest BCUT2D eigenvalue weighted by atomic mass is 10.3. The molecule has 0 aromatic carbocycles. The highest BCUT2D eigenvalue weighted by Gasteiger charge is 2.35. The van der Waals surface area contributed by atoms with E-state index in [4.69, 9.17) is 16.3 Å². The van der Waals surface area contributed by atoms with Crippen LogP contribution in [0.15, 0.2) is 4.90 Å². The van der Waals surface area contributed by atoms with Crippen LogP contribution in [0.4, 0.5) is 0 Å². The van der Waals surface area contributed by atoms with Crippen LogP contribution in [0.25, 0.3) is 0 Å². The molecule has 2 rings (SSSR count). The molecule has 1 fully saturated rings. The van der Waals surface area contributed by atoms with Crippen LogP contribution in [-0.4, -0.2) is 53.7 Å². The Morgan fingerprint density at radius 2 is 1.86 bits per heavy atom. The average Bonchev–Trinajstić information content (AvgIpc) is 2.64. The van der Waals surface area contributed by atoms with Gasteiger partial charge in [-0.15, -0.1) is 11.6 Å². The number of ether oxygens (including phenoxy) is 1. The van der Waals surface area contributed by atoms with Gasteiger partial charge in [-0.05, 0) is 27.7 Å². The molecule has 0 amide bonds. The maximum Gasteiger partial charge on any atom is 0.246 e. The monoisotopic (exact) mass is 335 g/mol. The first kappa shape index (κ1) is 16.7. The molecule has 2 atom stereocenters. The minimum atomic E-state index is -3.56. The minimum Gasteiger partial charge on any atom is -0.373 e. The molecule has 0 aliphatic carbocycles. The number of nitrogens with zero attached hydrogens (tertiary/aromatic N) is 3. The molecule has 1 aromatic heterocycles. The van der Waals surface area contributed by atoms with Crippen molar-refractivity contribution in [1.29, 1.82) is 0 Å². The maximum atomic E-state index is 12.9. The van der Waals surface area contributed by atoms with Crippen LogP contribution in [0.5, 0.6) is 0 Å². The lowest BCUT2D eigenvalue weighted by Crippen LogP contribution is -2.48. The number of sulfonamides is 1. The lowest BCUT2D eigenvalue weighted by molar-refractivity contribution is -0.0441. The lowest BCUT2D eigenvalue weighted by Gasteiger charge is -2.34. The standard InChI is InChI=1S/C13H22ClN3O3S/c1-9-7-16(8-10(2)20-9)21(18,19)13-11(3)15-17(6-5-14)12(13)4/h9-10H,5-8H2,1-4H3. The highest BCUT2D eigenvalue weighted by atomic mass is 35.5. The van der Waals surface area contributed by atoms with Gasteiger partial charge in [-0.2, -0.15) is 9.40 Å². The number of halogens is 1. The number of alkyl halides is 1. The second-order valence-corrected chi connectivity index (χ2v) is 7.74. The summed E-state index contributed by atoms with van der Waals surface area (Å²) in [6, 6.07) is 0. The number of hydrogen-bond acceptors (Lipinski definition) is 4. The Morgan fingerprint density at radius 3 is 2.38 bits per heavy atom. The molecule has 8 heteroatoms. The second-order valence-electron chi connectivity index (χ2n) is 5.49. The van der Waals surface area contributed by atoms with Gasteiger partial charge < -0.3 is 4.74 Å². The van der Waals surface area contributed by atoms with Gasteiger partial charge in [-0.25, -0.2) is 8.42 Å². The van der Waals surface area contributed by atoms with Gasteiger partial charge in [0.15, 0.2) is 0 Å². The summed E-state index contributed by atoms with van der Waals surface area (Å²) in [7, 11) is -3.56. The zero-order valence-corrected chi connectivity index (χ0v) is 14.4. The first-order chi connectivity index (χ1) is 9.77. The summed E-state index contributed by atoms with van der Waals surface area (Å²) in [4.78, 5) is 0.300. The molecule has 0 bridgehead atoms. The van der Waals surface area contributed by atoms with Crippen LogP contribution in [0.2, 0.25) is 0 Å². The van der Waals surface area contributed by atoms with Crippen molar-refractivity contribution in [3.8, 4) is 0 Å². The number of morpholine rings is 1. The van der Waals surface area contributed by atoms with Crippen LogP contribution in [0.1, 0.15) is 25.2 Å². The third kappa shape index (κ3) is 3.26. The predicted octanol–water partition coefficient (Wildman–Crippen LogP) is 1.54. The van der Waals surface area contributed by atoms with Crippen LogP contribution in [0, 0.1) is 13.8 Å². The van der Waals surface area contributed by atoms with Gasteiger partial charge in [0.1, 0.15) is 4.90 Å². The van der Waals surface area contributed by atoms with E-state index in [9.17, 15) is 8.42 Å². The molecule has 2 heterocycles. The second kappa shape index (κ2) is 6.24. The highest BCUT2D eigenvalue weighted by Crippen LogP contribution is 2.26. The van der Waals surface area contributed by atoms with E-state index >= 15 is 0 Å². The van der Waals surface area contributed by atoms with Crippen molar-refractivity contribution in [3.63, 3.8) is 0 Å². The molecule has 0 saturated carbocycles. The fourth-order valence-electron chi connectivity index (χ4n) is 2.81. The van der Waals surface area contributed by atoms with Crippen molar-refractivity contribution in [3.05, 3.63) is 11.4 Å². The summed E-state index contributed by atoms with van der Waals surface area (Å²) < 4.78 is 34.6. The molecule has 1 aliphatic heterocycles. The van der Waals surface area contributed by atoms with E-state index < -0.39 is 10.0 Å². The minimum absolute atomic E-state index is 0.109. The quantitative estimate of drug-likeness (QED) is 0.783. The molecular weight excluding hydrogens is 314 g/mol. The Balaban J connectivity index is 2.40. The molecule has 1 aliphatic rings. The summed E-state index contributed by atoms with van der Waals surface area (Å²) >= 11 is 5.73. The molecule has 0 spiro atoms. The number of aromatic nitrogens is 2. The SMILES string of the molecule is Cc1nn(CCCl)c(C)c1S(=O)(=O)N1CC(C)OC(C)C1. The molecule has 6 nitrogen and oxygen atoms in total. The zero-order valence-electron chi connectivity index (χ0n) is 12.8. The Bertz CT molecular complexity index is 604. The average molecular weight is 336 g/mol. The predicted molar refractivity (Wildman–Crippen MR) is 81.2 cm³/mol. The highest BCUT2D eigenvalue weighted by molar-refractivity contribution is 7.89. The molecule has 21 heavy (non-hydrogen) atoms. The maximum absolute atomic E-state index is 12.9. The van der Waals surface area contributed by atoms with Gasteiger partial charge in [0.2, 0.25) is 10.0 Å². The molecule has 120 valence electrons. The molecule has 1 saturated heterocycles. The van der Waals surface area contributed by atoms with Crippen molar-refractivity contribution < 1.29 is 13.2 Å². The number of hydrogen-bond donors (Lipinski definition) is 0. The van der Waals surface area contributed by atoms with Crippen molar-refractivity contribution in [2.24, 2.45) is 0 Å². The molecule has 0 N–H and O–H groups in total. The van der Waals surface area contributed by atoms with Crippen molar-refractivity contribution in [1.82, 2.24) is 14.1 Å². The summed E-state index contributed by atoms with van der Waals surface area (Å²) in [5, 5.41) is 4.29. The Morgan fingerprint density at radius 1 is 1.29 bits per heavy atom. The number of rotatable bonds is 4.